The number of hydrogen-bond donors (Lipinski definition) is 1. The van der Waals surface area contributed by atoms with Crippen LogP contribution in [0.2, 0.25) is 5.02 Å². The summed E-state index contributed by atoms with van der Waals surface area (Å²) < 4.78 is 0. The third-order valence-electron chi connectivity index (χ3n) is 3.11. The molecule has 21 heavy (non-hydrogen) atoms. The van der Waals surface area contributed by atoms with Crippen molar-refractivity contribution in [3.63, 3.8) is 0 Å². The summed E-state index contributed by atoms with van der Waals surface area (Å²) in [5.41, 5.74) is 7.96. The van der Waals surface area contributed by atoms with E-state index in [0.717, 1.165) is 12.0 Å². The Bertz CT molecular complexity index is 630. The zero-order valence-corrected chi connectivity index (χ0v) is 12.7. The van der Waals surface area contributed by atoms with E-state index in [1.807, 2.05) is 31.2 Å². The molecule has 110 valence electrons. The van der Waals surface area contributed by atoms with Crippen LogP contribution in [0.3, 0.4) is 0 Å². The van der Waals surface area contributed by atoms with Crippen molar-refractivity contribution in [2.45, 2.75) is 19.9 Å². The number of anilines is 1. The molecule has 0 atom stereocenters. The first kappa shape index (κ1) is 15.3. The number of benzene rings is 1. The van der Waals surface area contributed by atoms with Gasteiger partial charge in [0.15, 0.2) is 0 Å². The Morgan fingerprint density at radius 3 is 2.86 bits per heavy atom. The van der Waals surface area contributed by atoms with Gasteiger partial charge in [-0.15, -0.1) is 0 Å². The van der Waals surface area contributed by atoms with Gasteiger partial charge in [-0.3, -0.25) is 9.78 Å². The third-order valence-corrected chi connectivity index (χ3v) is 3.41. The van der Waals surface area contributed by atoms with Crippen molar-refractivity contribution >= 4 is 23.2 Å². The molecule has 0 unspecified atom stereocenters. The summed E-state index contributed by atoms with van der Waals surface area (Å²) in [6.07, 6.45) is 3.93. The SMILES string of the molecule is CCCN(Cc1cccc(N)c1)C(=O)c1ccncc1Cl. The first-order valence-electron chi connectivity index (χ1n) is 6.85. The predicted molar refractivity (Wildman–Crippen MR) is 85.1 cm³/mol. The maximum absolute atomic E-state index is 12.6. The van der Waals surface area contributed by atoms with Crippen molar-refractivity contribution in [3.05, 3.63) is 58.9 Å². The smallest absolute Gasteiger partial charge is 0.255 e. The van der Waals surface area contributed by atoms with Gasteiger partial charge in [-0.1, -0.05) is 30.7 Å². The maximum Gasteiger partial charge on any atom is 0.255 e. The number of pyridine rings is 1. The van der Waals surface area contributed by atoms with Crippen molar-refractivity contribution in [2.24, 2.45) is 0 Å². The van der Waals surface area contributed by atoms with Crippen LogP contribution in [0.25, 0.3) is 0 Å². The van der Waals surface area contributed by atoms with E-state index in [0.29, 0.717) is 29.4 Å². The minimum Gasteiger partial charge on any atom is -0.399 e. The molecule has 0 aliphatic carbocycles. The summed E-state index contributed by atoms with van der Waals surface area (Å²) >= 11 is 6.06. The van der Waals surface area contributed by atoms with Crippen LogP contribution < -0.4 is 5.73 Å². The predicted octanol–water partition coefficient (Wildman–Crippen LogP) is 3.37. The molecule has 0 spiro atoms. The molecule has 1 heterocycles. The molecule has 0 fully saturated rings. The Balaban J connectivity index is 2.22. The van der Waals surface area contributed by atoms with E-state index in [-0.39, 0.29) is 5.91 Å². The van der Waals surface area contributed by atoms with Gasteiger partial charge in [0.1, 0.15) is 0 Å². The van der Waals surface area contributed by atoms with Gasteiger partial charge in [0.25, 0.3) is 5.91 Å². The summed E-state index contributed by atoms with van der Waals surface area (Å²) in [6, 6.07) is 9.20. The van der Waals surface area contributed by atoms with Crippen molar-refractivity contribution < 1.29 is 4.79 Å². The van der Waals surface area contributed by atoms with Gasteiger partial charge in [0.05, 0.1) is 10.6 Å². The number of carbonyl (C=O) groups excluding carboxylic acids is 1. The van der Waals surface area contributed by atoms with Gasteiger partial charge in [0.2, 0.25) is 0 Å². The Kier molecular flexibility index (Phi) is 5.17. The van der Waals surface area contributed by atoms with Gasteiger partial charge in [0, 0.05) is 31.2 Å². The molecule has 4 nitrogen and oxygen atoms in total. The van der Waals surface area contributed by atoms with Crippen LogP contribution in [0.1, 0.15) is 29.3 Å². The highest BCUT2D eigenvalue weighted by molar-refractivity contribution is 6.33. The number of hydrogen-bond acceptors (Lipinski definition) is 3. The highest BCUT2D eigenvalue weighted by Crippen LogP contribution is 2.18. The molecular formula is C16H18ClN3O. The summed E-state index contributed by atoms with van der Waals surface area (Å²) in [7, 11) is 0. The molecule has 0 bridgehead atoms. The third kappa shape index (κ3) is 3.95. The van der Waals surface area contributed by atoms with Crippen LogP contribution in [-0.4, -0.2) is 22.3 Å². The fourth-order valence-corrected chi connectivity index (χ4v) is 2.35. The van der Waals surface area contributed by atoms with E-state index >= 15 is 0 Å². The highest BCUT2D eigenvalue weighted by atomic mass is 35.5. The lowest BCUT2D eigenvalue weighted by Gasteiger charge is -2.23. The molecule has 0 aliphatic rings. The summed E-state index contributed by atoms with van der Waals surface area (Å²) in [5, 5.41) is 0.371. The molecule has 2 aromatic rings. The number of rotatable bonds is 5. The van der Waals surface area contributed by atoms with E-state index in [9.17, 15) is 4.79 Å². The molecule has 5 heteroatoms. The number of nitrogens with two attached hydrogens (primary N) is 1. The average Bonchev–Trinajstić information content (AvgIpc) is 2.47. The number of aromatic nitrogens is 1. The van der Waals surface area contributed by atoms with Crippen molar-refractivity contribution in [2.75, 3.05) is 12.3 Å². The van der Waals surface area contributed by atoms with Crippen LogP contribution in [0.4, 0.5) is 5.69 Å². The second-order valence-electron chi connectivity index (χ2n) is 4.83. The lowest BCUT2D eigenvalue weighted by atomic mass is 10.1. The summed E-state index contributed by atoms with van der Waals surface area (Å²) in [5.74, 6) is -0.0910. The fourth-order valence-electron chi connectivity index (χ4n) is 2.15. The first-order valence-corrected chi connectivity index (χ1v) is 7.22. The zero-order chi connectivity index (χ0) is 15.2. The number of nitrogens with zero attached hydrogens (tertiary/aromatic N) is 2. The lowest BCUT2D eigenvalue weighted by Crippen LogP contribution is -2.31. The number of nitrogen functional groups attached to an aromatic ring is 1. The molecule has 1 aromatic carbocycles. The van der Waals surface area contributed by atoms with Gasteiger partial charge < -0.3 is 10.6 Å². The second kappa shape index (κ2) is 7.09. The number of amides is 1. The maximum atomic E-state index is 12.6. The molecule has 0 radical (unpaired) electrons. The van der Waals surface area contributed by atoms with Gasteiger partial charge >= 0.3 is 0 Å². The molecule has 1 amide bonds. The van der Waals surface area contributed by atoms with Crippen LogP contribution >= 0.6 is 11.6 Å². The number of carbonyl (C=O) groups is 1. The van der Waals surface area contributed by atoms with Gasteiger partial charge in [-0.05, 0) is 30.2 Å². The topological polar surface area (TPSA) is 59.2 Å². The average molecular weight is 304 g/mol. The van der Waals surface area contributed by atoms with E-state index in [1.54, 1.807) is 17.2 Å². The van der Waals surface area contributed by atoms with Crippen LogP contribution in [0.15, 0.2) is 42.7 Å². The largest absolute Gasteiger partial charge is 0.399 e. The zero-order valence-electron chi connectivity index (χ0n) is 11.9. The Hall–Kier alpha value is -2.07. The summed E-state index contributed by atoms with van der Waals surface area (Å²) in [6.45, 7) is 3.20. The molecule has 2 N–H and O–H groups in total. The standard InChI is InChI=1S/C16H18ClN3O/c1-2-8-20(11-12-4-3-5-13(18)9-12)16(21)14-6-7-19-10-15(14)17/h3-7,9-10H,2,8,11,18H2,1H3. The first-order chi connectivity index (χ1) is 10.1. The van der Waals surface area contributed by atoms with Crippen LogP contribution in [0, 0.1) is 0 Å². The van der Waals surface area contributed by atoms with E-state index in [1.165, 1.54) is 6.20 Å². The normalized spacial score (nSPS) is 10.4. The monoisotopic (exact) mass is 303 g/mol. The minimum atomic E-state index is -0.0910. The quantitative estimate of drug-likeness (QED) is 0.862. The van der Waals surface area contributed by atoms with Crippen LogP contribution in [-0.2, 0) is 6.54 Å². The molecule has 0 aliphatic heterocycles. The molecular weight excluding hydrogens is 286 g/mol. The second-order valence-corrected chi connectivity index (χ2v) is 5.23. The molecule has 0 saturated carbocycles. The van der Waals surface area contributed by atoms with Crippen LogP contribution in [0.5, 0.6) is 0 Å². The molecule has 0 saturated heterocycles. The fraction of sp³-hybridized carbons (Fsp3) is 0.250. The summed E-state index contributed by atoms with van der Waals surface area (Å²) in [4.78, 5) is 18.3. The molecule has 1 aromatic heterocycles. The van der Waals surface area contributed by atoms with Crippen molar-refractivity contribution in [3.8, 4) is 0 Å². The lowest BCUT2D eigenvalue weighted by molar-refractivity contribution is 0.0743. The highest BCUT2D eigenvalue weighted by Gasteiger charge is 2.18. The van der Waals surface area contributed by atoms with E-state index < -0.39 is 0 Å². The van der Waals surface area contributed by atoms with Gasteiger partial charge in [-0.2, -0.15) is 0 Å². The Morgan fingerprint density at radius 1 is 1.38 bits per heavy atom. The van der Waals surface area contributed by atoms with E-state index in [2.05, 4.69) is 4.98 Å². The Labute approximate surface area is 129 Å². The van der Waals surface area contributed by atoms with Crippen molar-refractivity contribution in [1.82, 2.24) is 9.88 Å². The minimum absolute atomic E-state index is 0.0910. The Morgan fingerprint density at radius 2 is 2.19 bits per heavy atom. The van der Waals surface area contributed by atoms with Gasteiger partial charge in [-0.25, -0.2) is 0 Å². The van der Waals surface area contributed by atoms with Crippen molar-refractivity contribution in [1.29, 1.82) is 0 Å². The van der Waals surface area contributed by atoms with E-state index in [4.69, 9.17) is 17.3 Å². The molecule has 2 rings (SSSR count). The number of halogens is 1.